The maximum absolute atomic E-state index is 11.8. The first-order valence-electron chi connectivity index (χ1n) is 6.30. The molecule has 2 aromatic carbocycles. The van der Waals surface area contributed by atoms with E-state index in [0.29, 0.717) is 17.8 Å². The third kappa shape index (κ3) is 3.63. The number of halogens is 1. The van der Waals surface area contributed by atoms with Crippen molar-refractivity contribution in [1.29, 1.82) is 0 Å². The lowest BCUT2D eigenvalue weighted by atomic mass is 10.1. The van der Waals surface area contributed by atoms with Gasteiger partial charge in [0.1, 0.15) is 0 Å². The normalized spacial score (nSPS) is 10.1. The zero-order valence-electron chi connectivity index (χ0n) is 11.1. The molecule has 4 N–H and O–H groups in total. The molecular formula is C15H16IN3O. The summed E-state index contributed by atoms with van der Waals surface area (Å²) in [5.74, 6) is -0.0989. The van der Waals surface area contributed by atoms with Gasteiger partial charge in [-0.25, -0.2) is 0 Å². The largest absolute Gasteiger partial charge is 0.397 e. The van der Waals surface area contributed by atoms with Crippen molar-refractivity contribution in [2.75, 3.05) is 17.6 Å². The van der Waals surface area contributed by atoms with Crippen molar-refractivity contribution in [3.8, 4) is 0 Å². The molecular weight excluding hydrogens is 365 g/mol. The Labute approximate surface area is 131 Å². The number of nitrogens with two attached hydrogens (primary N) is 1. The minimum absolute atomic E-state index is 0.0989. The van der Waals surface area contributed by atoms with Gasteiger partial charge in [0.2, 0.25) is 0 Å². The van der Waals surface area contributed by atoms with Crippen molar-refractivity contribution in [3.63, 3.8) is 0 Å². The van der Waals surface area contributed by atoms with Crippen LogP contribution in [0.5, 0.6) is 0 Å². The number of nitrogen functional groups attached to an aromatic ring is 1. The first kappa shape index (κ1) is 14.6. The van der Waals surface area contributed by atoms with E-state index >= 15 is 0 Å². The molecule has 0 aliphatic carbocycles. The van der Waals surface area contributed by atoms with Gasteiger partial charge in [0.15, 0.2) is 0 Å². The lowest BCUT2D eigenvalue weighted by Crippen LogP contribution is -2.22. The summed E-state index contributed by atoms with van der Waals surface area (Å²) in [5, 5.41) is 6.01. The number of carbonyl (C=O) groups excluding carboxylic acids is 1. The summed E-state index contributed by atoms with van der Waals surface area (Å²) < 4.78 is 1.13. The van der Waals surface area contributed by atoms with Crippen LogP contribution in [0.4, 0.5) is 17.1 Å². The number of hydrogen-bond donors (Lipinski definition) is 3. The van der Waals surface area contributed by atoms with Crippen molar-refractivity contribution < 1.29 is 4.79 Å². The molecule has 0 bridgehead atoms. The van der Waals surface area contributed by atoms with Crippen molar-refractivity contribution >= 4 is 45.6 Å². The van der Waals surface area contributed by atoms with E-state index in [9.17, 15) is 4.79 Å². The summed E-state index contributed by atoms with van der Waals surface area (Å²) in [5.41, 5.74) is 8.83. The highest BCUT2D eigenvalue weighted by molar-refractivity contribution is 14.1. The summed E-state index contributed by atoms with van der Waals surface area (Å²) >= 11 is 2.25. The lowest BCUT2D eigenvalue weighted by molar-refractivity contribution is 0.0956. The molecule has 0 radical (unpaired) electrons. The molecule has 0 heterocycles. The molecule has 2 rings (SSSR count). The molecule has 0 fully saturated rings. The van der Waals surface area contributed by atoms with Crippen molar-refractivity contribution in [3.05, 3.63) is 51.6 Å². The number of amides is 1. The predicted molar refractivity (Wildman–Crippen MR) is 91.3 cm³/mol. The monoisotopic (exact) mass is 381 g/mol. The highest BCUT2D eigenvalue weighted by Crippen LogP contribution is 2.25. The minimum atomic E-state index is -0.0989. The molecule has 20 heavy (non-hydrogen) atoms. The average Bonchev–Trinajstić information content (AvgIpc) is 2.41. The second-order valence-electron chi connectivity index (χ2n) is 4.30. The predicted octanol–water partition coefficient (Wildman–Crippen LogP) is 3.37. The van der Waals surface area contributed by atoms with E-state index in [4.69, 9.17) is 5.73 Å². The fraction of sp³-hybridized carbons (Fsp3) is 0.133. The Balaban J connectivity index is 2.27. The topological polar surface area (TPSA) is 67.2 Å². The molecule has 0 unspecified atom stereocenters. The number of rotatable bonds is 4. The van der Waals surface area contributed by atoms with Crippen LogP contribution in [-0.4, -0.2) is 12.5 Å². The maximum atomic E-state index is 11.8. The maximum Gasteiger partial charge on any atom is 0.251 e. The number of hydrogen-bond acceptors (Lipinski definition) is 3. The second-order valence-corrected chi connectivity index (χ2v) is 5.54. The average molecular weight is 381 g/mol. The number of benzene rings is 2. The van der Waals surface area contributed by atoms with Crippen LogP contribution >= 0.6 is 22.6 Å². The smallest absolute Gasteiger partial charge is 0.251 e. The molecule has 0 spiro atoms. The molecule has 5 heteroatoms. The number of carbonyl (C=O) groups is 1. The van der Waals surface area contributed by atoms with E-state index in [2.05, 4.69) is 33.2 Å². The molecule has 0 aromatic heterocycles. The van der Waals surface area contributed by atoms with Gasteiger partial charge in [0.05, 0.1) is 11.4 Å². The third-order valence-electron chi connectivity index (χ3n) is 2.76. The standard InChI is InChI=1S/C15H16IN3O/c1-2-18-15(20)10-6-7-13(17)14(8-10)19-12-5-3-4-11(16)9-12/h3-9,19H,2,17H2,1H3,(H,18,20). The SMILES string of the molecule is CCNC(=O)c1ccc(N)c(Nc2cccc(I)c2)c1. The van der Waals surface area contributed by atoms with Crippen LogP contribution < -0.4 is 16.4 Å². The zero-order valence-corrected chi connectivity index (χ0v) is 13.3. The molecule has 2 aromatic rings. The van der Waals surface area contributed by atoms with E-state index in [1.807, 2.05) is 31.2 Å². The van der Waals surface area contributed by atoms with Gasteiger partial charge in [-0.3, -0.25) is 4.79 Å². The highest BCUT2D eigenvalue weighted by Gasteiger charge is 2.08. The Morgan fingerprint density at radius 2 is 2.05 bits per heavy atom. The molecule has 0 aliphatic heterocycles. The van der Waals surface area contributed by atoms with Gasteiger partial charge in [-0.1, -0.05) is 6.07 Å². The molecule has 4 nitrogen and oxygen atoms in total. The fourth-order valence-corrected chi connectivity index (χ4v) is 2.33. The Morgan fingerprint density at radius 1 is 1.25 bits per heavy atom. The van der Waals surface area contributed by atoms with E-state index in [1.54, 1.807) is 18.2 Å². The minimum Gasteiger partial charge on any atom is -0.397 e. The van der Waals surface area contributed by atoms with Crippen LogP contribution in [0.15, 0.2) is 42.5 Å². The molecule has 0 saturated heterocycles. The first-order valence-corrected chi connectivity index (χ1v) is 7.38. The van der Waals surface area contributed by atoms with Crippen LogP contribution in [0.3, 0.4) is 0 Å². The Hall–Kier alpha value is -1.76. The summed E-state index contributed by atoms with van der Waals surface area (Å²) in [7, 11) is 0. The summed E-state index contributed by atoms with van der Waals surface area (Å²) in [4.78, 5) is 11.8. The lowest BCUT2D eigenvalue weighted by Gasteiger charge is -2.11. The Kier molecular flexibility index (Phi) is 4.84. The second kappa shape index (κ2) is 6.60. The quantitative estimate of drug-likeness (QED) is 0.562. The molecule has 1 amide bonds. The van der Waals surface area contributed by atoms with Gasteiger partial charge >= 0.3 is 0 Å². The van der Waals surface area contributed by atoms with E-state index in [1.165, 1.54) is 0 Å². The Bertz CT molecular complexity index is 628. The Morgan fingerprint density at radius 3 is 2.75 bits per heavy atom. The van der Waals surface area contributed by atoms with E-state index < -0.39 is 0 Å². The molecule has 0 atom stereocenters. The van der Waals surface area contributed by atoms with E-state index in [-0.39, 0.29) is 5.91 Å². The molecule has 0 saturated carbocycles. The zero-order chi connectivity index (χ0) is 14.5. The highest BCUT2D eigenvalue weighted by atomic mass is 127. The van der Waals surface area contributed by atoms with Crippen LogP contribution in [-0.2, 0) is 0 Å². The number of anilines is 3. The van der Waals surface area contributed by atoms with Gasteiger partial charge < -0.3 is 16.4 Å². The van der Waals surface area contributed by atoms with Gasteiger partial charge in [-0.15, -0.1) is 0 Å². The van der Waals surface area contributed by atoms with Crippen LogP contribution in [0.1, 0.15) is 17.3 Å². The van der Waals surface area contributed by atoms with Crippen molar-refractivity contribution in [1.82, 2.24) is 5.32 Å². The van der Waals surface area contributed by atoms with Crippen molar-refractivity contribution in [2.45, 2.75) is 6.92 Å². The molecule has 104 valence electrons. The summed E-state index contributed by atoms with van der Waals surface area (Å²) in [6.07, 6.45) is 0. The van der Waals surface area contributed by atoms with Gasteiger partial charge in [0.25, 0.3) is 5.91 Å². The third-order valence-corrected chi connectivity index (χ3v) is 3.43. The van der Waals surface area contributed by atoms with E-state index in [0.717, 1.165) is 14.9 Å². The summed E-state index contributed by atoms with van der Waals surface area (Å²) in [6.45, 7) is 2.49. The first-order chi connectivity index (χ1) is 9.60. The van der Waals surface area contributed by atoms with Crippen molar-refractivity contribution in [2.24, 2.45) is 0 Å². The van der Waals surface area contributed by atoms with Gasteiger partial charge in [0, 0.05) is 21.4 Å². The number of nitrogens with one attached hydrogen (secondary N) is 2. The van der Waals surface area contributed by atoms with Gasteiger partial charge in [-0.05, 0) is 65.9 Å². The summed E-state index contributed by atoms with van der Waals surface area (Å²) in [6, 6.07) is 13.2. The fourth-order valence-electron chi connectivity index (χ4n) is 1.79. The van der Waals surface area contributed by atoms with Crippen LogP contribution in [0.25, 0.3) is 0 Å². The van der Waals surface area contributed by atoms with Gasteiger partial charge in [-0.2, -0.15) is 0 Å². The van der Waals surface area contributed by atoms with Crippen LogP contribution in [0.2, 0.25) is 0 Å². The van der Waals surface area contributed by atoms with Crippen LogP contribution in [0, 0.1) is 3.57 Å². The molecule has 0 aliphatic rings.